The van der Waals surface area contributed by atoms with Gasteiger partial charge in [0, 0.05) is 6.61 Å². The van der Waals surface area contributed by atoms with E-state index in [1.165, 1.54) is 0 Å². The molecule has 1 heterocycles. The van der Waals surface area contributed by atoms with E-state index in [4.69, 9.17) is 9.84 Å². The van der Waals surface area contributed by atoms with Gasteiger partial charge in [-0.2, -0.15) is 0 Å². The SMILES string of the molecule is O=C(O)[C@@H]1CCO[C@@H]1c1ccccc1. The summed E-state index contributed by atoms with van der Waals surface area (Å²) in [6.07, 6.45) is 0.336. The Morgan fingerprint density at radius 3 is 2.71 bits per heavy atom. The van der Waals surface area contributed by atoms with Gasteiger partial charge in [-0.25, -0.2) is 0 Å². The Kier molecular flexibility index (Phi) is 2.50. The Morgan fingerprint density at radius 1 is 1.36 bits per heavy atom. The van der Waals surface area contributed by atoms with Crippen LogP contribution in [0.3, 0.4) is 0 Å². The highest BCUT2D eigenvalue weighted by Crippen LogP contribution is 2.34. The minimum atomic E-state index is -0.767. The van der Waals surface area contributed by atoms with Gasteiger partial charge in [0.1, 0.15) is 0 Å². The van der Waals surface area contributed by atoms with Crippen LogP contribution >= 0.6 is 0 Å². The maximum Gasteiger partial charge on any atom is 0.309 e. The van der Waals surface area contributed by atoms with Crippen LogP contribution in [0.15, 0.2) is 30.3 Å². The molecule has 1 aromatic rings. The number of aliphatic carboxylic acids is 1. The van der Waals surface area contributed by atoms with Crippen LogP contribution in [-0.4, -0.2) is 17.7 Å². The van der Waals surface area contributed by atoms with Crippen LogP contribution in [0.2, 0.25) is 0 Å². The Balaban J connectivity index is 2.22. The highest BCUT2D eigenvalue weighted by molar-refractivity contribution is 5.71. The van der Waals surface area contributed by atoms with Crippen LogP contribution in [0.4, 0.5) is 0 Å². The third-order valence-electron chi connectivity index (χ3n) is 2.54. The molecule has 74 valence electrons. The Hall–Kier alpha value is -1.35. The van der Waals surface area contributed by atoms with E-state index in [0.29, 0.717) is 13.0 Å². The predicted molar refractivity (Wildman–Crippen MR) is 50.9 cm³/mol. The minimum Gasteiger partial charge on any atom is -0.481 e. The van der Waals surface area contributed by atoms with E-state index < -0.39 is 11.9 Å². The molecule has 14 heavy (non-hydrogen) atoms. The van der Waals surface area contributed by atoms with Crippen molar-refractivity contribution in [2.24, 2.45) is 5.92 Å². The number of carbonyl (C=O) groups is 1. The summed E-state index contributed by atoms with van der Waals surface area (Å²) < 4.78 is 5.43. The first kappa shape index (κ1) is 9.21. The van der Waals surface area contributed by atoms with E-state index in [1.54, 1.807) is 0 Å². The van der Waals surface area contributed by atoms with Gasteiger partial charge in [0.25, 0.3) is 0 Å². The number of rotatable bonds is 2. The molecule has 0 saturated carbocycles. The second-order valence-corrected chi connectivity index (χ2v) is 3.44. The van der Waals surface area contributed by atoms with E-state index in [9.17, 15) is 4.79 Å². The zero-order valence-corrected chi connectivity index (χ0v) is 7.72. The predicted octanol–water partition coefficient (Wildman–Crippen LogP) is 1.85. The fourth-order valence-corrected chi connectivity index (χ4v) is 1.81. The van der Waals surface area contributed by atoms with Gasteiger partial charge in [0.15, 0.2) is 0 Å². The first-order valence-electron chi connectivity index (χ1n) is 4.68. The molecule has 0 radical (unpaired) electrons. The fourth-order valence-electron chi connectivity index (χ4n) is 1.81. The average molecular weight is 192 g/mol. The van der Waals surface area contributed by atoms with E-state index in [0.717, 1.165) is 5.56 Å². The van der Waals surface area contributed by atoms with Crippen molar-refractivity contribution < 1.29 is 14.6 Å². The van der Waals surface area contributed by atoms with Crippen molar-refractivity contribution in [1.29, 1.82) is 0 Å². The second-order valence-electron chi connectivity index (χ2n) is 3.44. The van der Waals surface area contributed by atoms with Gasteiger partial charge in [-0.05, 0) is 12.0 Å². The molecule has 3 nitrogen and oxygen atoms in total. The third-order valence-corrected chi connectivity index (χ3v) is 2.54. The van der Waals surface area contributed by atoms with Crippen molar-refractivity contribution in [2.75, 3.05) is 6.61 Å². The van der Waals surface area contributed by atoms with E-state index in [2.05, 4.69) is 0 Å². The van der Waals surface area contributed by atoms with Crippen molar-refractivity contribution in [3.8, 4) is 0 Å². The van der Waals surface area contributed by atoms with Gasteiger partial charge in [0.2, 0.25) is 0 Å². The van der Waals surface area contributed by atoms with E-state index in [1.807, 2.05) is 30.3 Å². The van der Waals surface area contributed by atoms with Crippen molar-refractivity contribution in [3.05, 3.63) is 35.9 Å². The molecule has 0 aromatic heterocycles. The quantitative estimate of drug-likeness (QED) is 0.777. The van der Waals surface area contributed by atoms with Crippen molar-refractivity contribution in [2.45, 2.75) is 12.5 Å². The molecule has 0 amide bonds. The molecule has 1 aromatic carbocycles. The fraction of sp³-hybridized carbons (Fsp3) is 0.364. The first-order valence-corrected chi connectivity index (χ1v) is 4.68. The Morgan fingerprint density at radius 2 is 2.07 bits per heavy atom. The smallest absolute Gasteiger partial charge is 0.309 e. The summed E-state index contributed by atoms with van der Waals surface area (Å²) in [7, 11) is 0. The number of ether oxygens (including phenoxy) is 1. The molecule has 0 unspecified atom stereocenters. The lowest BCUT2D eigenvalue weighted by molar-refractivity contribution is -0.143. The van der Waals surface area contributed by atoms with Crippen LogP contribution in [-0.2, 0) is 9.53 Å². The maximum absolute atomic E-state index is 10.9. The second kappa shape index (κ2) is 3.80. The Bertz CT molecular complexity index is 321. The van der Waals surface area contributed by atoms with Gasteiger partial charge in [0.05, 0.1) is 12.0 Å². The number of carboxylic acids is 1. The average Bonchev–Trinajstić information content (AvgIpc) is 2.67. The molecule has 1 aliphatic rings. The van der Waals surface area contributed by atoms with Crippen molar-refractivity contribution in [1.82, 2.24) is 0 Å². The van der Waals surface area contributed by atoms with Gasteiger partial charge >= 0.3 is 5.97 Å². The maximum atomic E-state index is 10.9. The normalized spacial score (nSPS) is 26.3. The third kappa shape index (κ3) is 1.63. The lowest BCUT2D eigenvalue weighted by Crippen LogP contribution is -2.17. The lowest BCUT2D eigenvalue weighted by atomic mass is 9.96. The van der Waals surface area contributed by atoms with Gasteiger partial charge < -0.3 is 9.84 Å². The highest BCUT2D eigenvalue weighted by Gasteiger charge is 2.34. The molecule has 3 heteroatoms. The summed E-state index contributed by atoms with van der Waals surface area (Å²) >= 11 is 0. The molecule has 0 bridgehead atoms. The molecule has 1 saturated heterocycles. The van der Waals surface area contributed by atoms with Gasteiger partial charge in [-0.15, -0.1) is 0 Å². The lowest BCUT2D eigenvalue weighted by Gasteiger charge is -2.14. The molecule has 1 N–H and O–H groups in total. The molecular formula is C11H12O3. The first-order chi connectivity index (χ1) is 6.79. The summed E-state index contributed by atoms with van der Waals surface area (Å²) in [5.41, 5.74) is 0.956. The van der Waals surface area contributed by atoms with Crippen LogP contribution in [0.5, 0.6) is 0 Å². The standard InChI is InChI=1S/C11H12O3/c12-11(13)9-6-7-14-10(9)8-4-2-1-3-5-8/h1-5,9-10H,6-7H2,(H,12,13)/t9-,10-/m1/s1. The summed E-state index contributed by atoms with van der Waals surface area (Å²) in [6.45, 7) is 0.538. The van der Waals surface area contributed by atoms with Crippen LogP contribution < -0.4 is 0 Å². The molecule has 2 rings (SSSR count). The topological polar surface area (TPSA) is 46.5 Å². The van der Waals surface area contributed by atoms with Crippen molar-refractivity contribution >= 4 is 5.97 Å². The largest absolute Gasteiger partial charge is 0.481 e. The van der Waals surface area contributed by atoms with Crippen molar-refractivity contribution in [3.63, 3.8) is 0 Å². The number of benzene rings is 1. The molecule has 1 aliphatic heterocycles. The van der Waals surface area contributed by atoms with Crippen LogP contribution in [0, 0.1) is 5.92 Å². The monoisotopic (exact) mass is 192 g/mol. The summed E-state index contributed by atoms with van der Waals surface area (Å²) in [5, 5.41) is 8.96. The Labute approximate surface area is 82.3 Å². The molecule has 2 atom stereocenters. The summed E-state index contributed by atoms with van der Waals surface area (Å²) in [4.78, 5) is 10.9. The summed E-state index contributed by atoms with van der Waals surface area (Å²) in [5.74, 6) is -1.16. The van der Waals surface area contributed by atoms with Gasteiger partial charge in [-0.3, -0.25) is 4.79 Å². The molecular weight excluding hydrogens is 180 g/mol. The molecule has 0 aliphatic carbocycles. The highest BCUT2D eigenvalue weighted by atomic mass is 16.5. The number of hydrogen-bond donors (Lipinski definition) is 1. The molecule has 0 spiro atoms. The number of carboxylic acid groups (broad SMARTS) is 1. The van der Waals surface area contributed by atoms with E-state index in [-0.39, 0.29) is 6.10 Å². The van der Waals surface area contributed by atoms with Crippen LogP contribution in [0.25, 0.3) is 0 Å². The van der Waals surface area contributed by atoms with Gasteiger partial charge in [-0.1, -0.05) is 30.3 Å². The van der Waals surface area contributed by atoms with Crippen LogP contribution in [0.1, 0.15) is 18.1 Å². The molecule has 1 fully saturated rings. The zero-order chi connectivity index (χ0) is 9.97. The summed E-state index contributed by atoms with van der Waals surface area (Å²) in [6, 6.07) is 9.53. The number of hydrogen-bond acceptors (Lipinski definition) is 2. The zero-order valence-electron chi connectivity index (χ0n) is 7.72. The minimum absolute atomic E-state index is 0.270. The van der Waals surface area contributed by atoms with E-state index >= 15 is 0 Å².